The summed E-state index contributed by atoms with van der Waals surface area (Å²) in [4.78, 5) is 8.52. The summed E-state index contributed by atoms with van der Waals surface area (Å²) in [6.07, 6.45) is 1.57. The number of anilines is 1. The van der Waals surface area contributed by atoms with Crippen molar-refractivity contribution in [2.45, 2.75) is 31.0 Å². The maximum atomic E-state index is 4.30. The molecule has 0 atom stereocenters. The lowest BCUT2D eigenvalue weighted by Crippen LogP contribution is -2.03. The fourth-order valence-corrected chi connectivity index (χ4v) is 2.32. The van der Waals surface area contributed by atoms with Gasteiger partial charge in [0.05, 0.1) is 0 Å². The number of hydrogen-bond donors (Lipinski definition) is 1. The minimum absolute atomic E-state index is 0.830. The van der Waals surface area contributed by atoms with E-state index in [0.29, 0.717) is 0 Å². The van der Waals surface area contributed by atoms with E-state index < -0.39 is 0 Å². The summed E-state index contributed by atoms with van der Waals surface area (Å²) in [6, 6.07) is 0. The van der Waals surface area contributed by atoms with Crippen molar-refractivity contribution in [1.82, 2.24) is 24.7 Å². The average molecular weight is 264 g/mol. The Bertz CT molecular complexity index is 550. The minimum atomic E-state index is 0.830. The van der Waals surface area contributed by atoms with E-state index in [9.17, 15) is 0 Å². The van der Waals surface area contributed by atoms with Crippen molar-refractivity contribution in [3.63, 3.8) is 0 Å². The van der Waals surface area contributed by atoms with E-state index in [4.69, 9.17) is 0 Å². The van der Waals surface area contributed by atoms with Crippen molar-refractivity contribution in [3.05, 3.63) is 17.7 Å². The summed E-state index contributed by atoms with van der Waals surface area (Å²) in [5.41, 5.74) is 1.03. The predicted molar refractivity (Wildman–Crippen MR) is 70.8 cm³/mol. The molecule has 2 aromatic rings. The zero-order valence-corrected chi connectivity index (χ0v) is 11.7. The molecule has 2 heterocycles. The standard InChI is InChI=1S/C11H16N6S/c1-5-12-9-7(2)10(14-6-13-9)18-11-16-15-8(3)17(11)4/h6H,5H2,1-4H3,(H,12,13,14). The van der Waals surface area contributed by atoms with Gasteiger partial charge in [0.25, 0.3) is 0 Å². The third kappa shape index (κ3) is 2.45. The average Bonchev–Trinajstić information content (AvgIpc) is 2.66. The summed E-state index contributed by atoms with van der Waals surface area (Å²) >= 11 is 1.50. The molecule has 0 aromatic carbocycles. The molecule has 0 radical (unpaired) electrons. The van der Waals surface area contributed by atoms with E-state index >= 15 is 0 Å². The monoisotopic (exact) mass is 264 g/mol. The van der Waals surface area contributed by atoms with Gasteiger partial charge in [-0.25, -0.2) is 9.97 Å². The number of nitrogens with one attached hydrogen (secondary N) is 1. The van der Waals surface area contributed by atoms with Gasteiger partial charge in [0.1, 0.15) is 23.0 Å². The normalized spacial score (nSPS) is 10.7. The molecule has 0 aliphatic rings. The first-order chi connectivity index (χ1) is 8.63. The summed E-state index contributed by atoms with van der Waals surface area (Å²) in [7, 11) is 1.94. The van der Waals surface area contributed by atoms with Crippen LogP contribution in [0, 0.1) is 13.8 Å². The van der Waals surface area contributed by atoms with Crippen molar-refractivity contribution >= 4 is 17.6 Å². The zero-order valence-electron chi connectivity index (χ0n) is 10.9. The van der Waals surface area contributed by atoms with Gasteiger partial charge < -0.3 is 9.88 Å². The van der Waals surface area contributed by atoms with Crippen LogP contribution in [0.25, 0.3) is 0 Å². The van der Waals surface area contributed by atoms with Crippen molar-refractivity contribution in [3.8, 4) is 0 Å². The molecule has 0 aliphatic heterocycles. The highest BCUT2D eigenvalue weighted by Crippen LogP contribution is 2.29. The number of rotatable bonds is 4. The lowest BCUT2D eigenvalue weighted by molar-refractivity contribution is 0.764. The Labute approximate surface area is 110 Å². The minimum Gasteiger partial charge on any atom is -0.370 e. The van der Waals surface area contributed by atoms with Crippen LogP contribution < -0.4 is 5.32 Å². The molecule has 0 saturated carbocycles. The van der Waals surface area contributed by atoms with Crippen LogP contribution in [0.1, 0.15) is 18.3 Å². The topological polar surface area (TPSA) is 68.5 Å². The lowest BCUT2D eigenvalue weighted by atomic mass is 10.3. The van der Waals surface area contributed by atoms with Crippen LogP contribution in [-0.2, 0) is 7.05 Å². The first-order valence-corrected chi connectivity index (χ1v) is 6.54. The van der Waals surface area contributed by atoms with Crippen LogP contribution >= 0.6 is 11.8 Å². The molecular formula is C11H16N6S. The van der Waals surface area contributed by atoms with E-state index in [-0.39, 0.29) is 0 Å². The molecule has 0 aliphatic carbocycles. The van der Waals surface area contributed by atoms with Gasteiger partial charge in [0, 0.05) is 19.2 Å². The zero-order chi connectivity index (χ0) is 13.1. The van der Waals surface area contributed by atoms with Gasteiger partial charge >= 0.3 is 0 Å². The fraction of sp³-hybridized carbons (Fsp3) is 0.455. The largest absolute Gasteiger partial charge is 0.370 e. The highest BCUT2D eigenvalue weighted by molar-refractivity contribution is 7.99. The molecule has 2 aromatic heterocycles. The third-order valence-corrected chi connectivity index (χ3v) is 3.77. The lowest BCUT2D eigenvalue weighted by Gasteiger charge is -2.09. The van der Waals surface area contributed by atoms with E-state index in [1.165, 1.54) is 11.8 Å². The van der Waals surface area contributed by atoms with Crippen molar-refractivity contribution in [2.75, 3.05) is 11.9 Å². The predicted octanol–water partition coefficient (Wildman–Crippen LogP) is 1.80. The number of aromatic nitrogens is 5. The summed E-state index contributed by atoms with van der Waals surface area (Å²) in [5, 5.41) is 13.1. The van der Waals surface area contributed by atoms with E-state index in [0.717, 1.165) is 33.9 Å². The van der Waals surface area contributed by atoms with Gasteiger partial charge in [-0.05, 0) is 32.5 Å². The van der Waals surface area contributed by atoms with Gasteiger partial charge in [0.2, 0.25) is 0 Å². The smallest absolute Gasteiger partial charge is 0.197 e. The highest BCUT2D eigenvalue weighted by Gasteiger charge is 2.12. The van der Waals surface area contributed by atoms with Gasteiger partial charge in [-0.3, -0.25) is 0 Å². The molecule has 0 bridgehead atoms. The van der Waals surface area contributed by atoms with Crippen LogP contribution in [0.5, 0.6) is 0 Å². The summed E-state index contributed by atoms with van der Waals surface area (Å²) in [6.45, 7) is 6.81. The number of aryl methyl sites for hydroxylation is 1. The maximum absolute atomic E-state index is 4.30. The van der Waals surface area contributed by atoms with E-state index in [1.54, 1.807) is 6.33 Å². The molecule has 1 N–H and O–H groups in total. The highest BCUT2D eigenvalue weighted by atomic mass is 32.2. The first-order valence-electron chi connectivity index (χ1n) is 5.72. The molecule has 18 heavy (non-hydrogen) atoms. The Kier molecular flexibility index (Phi) is 3.81. The second kappa shape index (κ2) is 5.34. The Morgan fingerprint density at radius 1 is 1.28 bits per heavy atom. The maximum Gasteiger partial charge on any atom is 0.197 e. The van der Waals surface area contributed by atoms with E-state index in [2.05, 4.69) is 25.5 Å². The molecule has 2 rings (SSSR count). The number of hydrogen-bond acceptors (Lipinski definition) is 6. The van der Waals surface area contributed by atoms with Gasteiger partial charge in [-0.1, -0.05) is 0 Å². The van der Waals surface area contributed by atoms with Crippen LogP contribution in [0.3, 0.4) is 0 Å². The molecular weight excluding hydrogens is 248 g/mol. The summed E-state index contributed by atoms with van der Waals surface area (Å²) in [5.74, 6) is 1.75. The summed E-state index contributed by atoms with van der Waals surface area (Å²) < 4.78 is 1.94. The molecule has 96 valence electrons. The first kappa shape index (κ1) is 12.8. The molecule has 0 saturated heterocycles. The molecule has 0 unspecified atom stereocenters. The molecule has 0 fully saturated rings. The Balaban J connectivity index is 2.29. The van der Waals surface area contributed by atoms with Crippen LogP contribution in [0.4, 0.5) is 5.82 Å². The second-order valence-electron chi connectivity index (χ2n) is 3.87. The van der Waals surface area contributed by atoms with Crippen LogP contribution in [0.2, 0.25) is 0 Å². The Morgan fingerprint density at radius 3 is 2.67 bits per heavy atom. The molecule has 0 amide bonds. The van der Waals surface area contributed by atoms with Crippen molar-refractivity contribution in [1.29, 1.82) is 0 Å². The third-order valence-electron chi connectivity index (χ3n) is 2.62. The van der Waals surface area contributed by atoms with Crippen molar-refractivity contribution in [2.24, 2.45) is 7.05 Å². The molecule has 6 nitrogen and oxygen atoms in total. The van der Waals surface area contributed by atoms with E-state index in [1.807, 2.05) is 32.4 Å². The Hall–Kier alpha value is -1.63. The Morgan fingerprint density at radius 2 is 2.06 bits per heavy atom. The quantitative estimate of drug-likeness (QED) is 0.849. The van der Waals surface area contributed by atoms with Gasteiger partial charge in [-0.2, -0.15) is 0 Å². The SMILES string of the molecule is CCNc1ncnc(Sc2nnc(C)n2C)c1C. The van der Waals surface area contributed by atoms with Gasteiger partial charge in [0.15, 0.2) is 5.16 Å². The number of nitrogens with zero attached hydrogens (tertiary/aromatic N) is 5. The van der Waals surface area contributed by atoms with Crippen LogP contribution in [0.15, 0.2) is 16.5 Å². The van der Waals surface area contributed by atoms with Crippen LogP contribution in [-0.4, -0.2) is 31.3 Å². The molecule has 7 heteroatoms. The van der Waals surface area contributed by atoms with Crippen molar-refractivity contribution < 1.29 is 0 Å². The second-order valence-corrected chi connectivity index (χ2v) is 4.83. The fourth-order valence-electron chi connectivity index (χ4n) is 1.45. The van der Waals surface area contributed by atoms with Gasteiger partial charge in [-0.15, -0.1) is 10.2 Å². The molecule has 0 spiro atoms.